The molecule has 2 aliphatic rings. The largest absolute Gasteiger partial charge is 0.289 e. The lowest BCUT2D eigenvalue weighted by Gasteiger charge is -2.26. The third kappa shape index (κ3) is 4.31. The minimum absolute atomic E-state index is 0.134. The van der Waals surface area contributed by atoms with Crippen LogP contribution in [0, 0.1) is 0 Å². The lowest BCUT2D eigenvalue weighted by atomic mass is 9.78. The van der Waals surface area contributed by atoms with Crippen LogP contribution in [-0.2, 0) is 0 Å². The predicted octanol–water partition coefficient (Wildman–Crippen LogP) is 8.32. The van der Waals surface area contributed by atoms with Crippen molar-refractivity contribution in [2.75, 3.05) is 0 Å². The molecule has 1 nitrogen and oxygen atoms in total. The molecule has 2 fully saturated rings. The van der Waals surface area contributed by atoms with Crippen molar-refractivity contribution < 1.29 is 4.79 Å². The van der Waals surface area contributed by atoms with E-state index in [9.17, 15) is 4.79 Å². The maximum Gasteiger partial charge on any atom is 0.193 e. The topological polar surface area (TPSA) is 17.1 Å². The zero-order valence-corrected chi connectivity index (χ0v) is 17.9. The third-order valence-electron chi connectivity index (χ3n) is 6.61. The highest BCUT2D eigenvalue weighted by atomic mass is 35.5. The summed E-state index contributed by atoms with van der Waals surface area (Å²) in [5.41, 5.74) is 3.94. The summed E-state index contributed by atoms with van der Waals surface area (Å²) < 4.78 is 0. The van der Waals surface area contributed by atoms with Gasteiger partial charge in [0, 0.05) is 21.2 Å². The van der Waals surface area contributed by atoms with Crippen LogP contribution in [-0.4, -0.2) is 5.78 Å². The first-order valence-electron chi connectivity index (χ1n) is 10.8. The van der Waals surface area contributed by atoms with E-state index in [0.29, 0.717) is 11.8 Å². The van der Waals surface area contributed by atoms with Crippen molar-refractivity contribution >= 4 is 29.0 Å². The zero-order valence-electron chi connectivity index (χ0n) is 16.4. The predicted molar refractivity (Wildman–Crippen MR) is 118 cm³/mol. The molecule has 0 spiro atoms. The second-order valence-corrected chi connectivity index (χ2v) is 9.34. The fourth-order valence-corrected chi connectivity index (χ4v) is 5.49. The monoisotopic (exact) mass is 414 g/mol. The van der Waals surface area contributed by atoms with E-state index >= 15 is 0 Å². The smallest absolute Gasteiger partial charge is 0.193 e. The Hall–Kier alpha value is -1.31. The minimum Gasteiger partial charge on any atom is -0.289 e. The van der Waals surface area contributed by atoms with Crippen molar-refractivity contribution in [3.8, 4) is 0 Å². The van der Waals surface area contributed by atoms with Gasteiger partial charge in [-0.1, -0.05) is 61.7 Å². The van der Waals surface area contributed by atoms with Gasteiger partial charge in [-0.05, 0) is 85.0 Å². The van der Waals surface area contributed by atoms with Crippen LogP contribution < -0.4 is 0 Å². The number of carbonyl (C=O) groups excluding carboxylic acids is 1. The molecule has 2 aromatic carbocycles. The molecule has 0 heterocycles. The number of hydrogen-bond acceptors (Lipinski definition) is 1. The van der Waals surface area contributed by atoms with Gasteiger partial charge in [-0.3, -0.25) is 4.79 Å². The lowest BCUT2D eigenvalue weighted by Crippen LogP contribution is -2.15. The second kappa shape index (κ2) is 9.01. The highest BCUT2D eigenvalue weighted by molar-refractivity contribution is 6.31. The summed E-state index contributed by atoms with van der Waals surface area (Å²) in [5.74, 6) is 1.02. The van der Waals surface area contributed by atoms with Gasteiger partial charge in [0.15, 0.2) is 5.78 Å². The summed E-state index contributed by atoms with van der Waals surface area (Å²) in [6, 6.07) is 11.7. The Balaban J connectivity index is 1.74. The number of carbonyl (C=O) groups is 1. The standard InChI is InChI=1S/C25H28Cl2O/c26-19-11-13-21(23(15-19)17-7-3-1-4-8-17)25(28)22-14-12-20(27)16-24(22)18-9-5-2-6-10-18/h11-18H,1-10H2. The molecule has 0 aliphatic heterocycles. The van der Waals surface area contributed by atoms with E-state index in [1.54, 1.807) is 0 Å². The van der Waals surface area contributed by atoms with Crippen molar-refractivity contribution in [2.45, 2.75) is 76.0 Å². The molecule has 0 unspecified atom stereocenters. The van der Waals surface area contributed by atoms with Crippen LogP contribution >= 0.6 is 23.2 Å². The van der Waals surface area contributed by atoms with E-state index in [2.05, 4.69) is 0 Å². The van der Waals surface area contributed by atoms with Crippen LogP contribution in [0.1, 0.15) is 103 Å². The van der Waals surface area contributed by atoms with E-state index < -0.39 is 0 Å². The molecule has 0 radical (unpaired) electrons. The van der Waals surface area contributed by atoms with E-state index in [0.717, 1.165) is 58.0 Å². The molecule has 2 aromatic rings. The maximum absolute atomic E-state index is 13.7. The molecular formula is C25H28Cl2O. The molecule has 0 saturated heterocycles. The highest BCUT2D eigenvalue weighted by Gasteiger charge is 2.26. The Kier molecular flexibility index (Phi) is 6.43. The molecule has 2 aliphatic carbocycles. The first-order valence-corrected chi connectivity index (χ1v) is 11.5. The number of ketones is 1. The van der Waals surface area contributed by atoms with Gasteiger partial charge >= 0.3 is 0 Å². The van der Waals surface area contributed by atoms with Crippen molar-refractivity contribution in [3.05, 3.63) is 68.7 Å². The van der Waals surface area contributed by atoms with Crippen molar-refractivity contribution in [3.63, 3.8) is 0 Å². The molecule has 0 aromatic heterocycles. The molecule has 28 heavy (non-hydrogen) atoms. The molecular weight excluding hydrogens is 387 g/mol. The second-order valence-electron chi connectivity index (χ2n) is 8.46. The Morgan fingerprint density at radius 3 is 1.43 bits per heavy atom. The summed E-state index contributed by atoms with van der Waals surface area (Å²) in [5, 5.41) is 1.45. The number of rotatable bonds is 4. The first kappa shape index (κ1) is 20.0. The van der Waals surface area contributed by atoms with Gasteiger partial charge in [0.2, 0.25) is 0 Å². The molecule has 148 valence electrons. The maximum atomic E-state index is 13.7. The SMILES string of the molecule is O=C(c1ccc(Cl)cc1C1CCCCC1)c1ccc(Cl)cc1C1CCCCC1. The molecule has 0 atom stereocenters. The van der Waals surface area contributed by atoms with E-state index in [-0.39, 0.29) is 5.78 Å². The number of benzene rings is 2. The van der Waals surface area contributed by atoms with Gasteiger partial charge in [0.25, 0.3) is 0 Å². The lowest BCUT2D eigenvalue weighted by molar-refractivity contribution is 0.103. The first-order chi connectivity index (χ1) is 13.6. The average Bonchev–Trinajstić information content (AvgIpc) is 2.74. The van der Waals surface area contributed by atoms with Gasteiger partial charge in [-0.2, -0.15) is 0 Å². The van der Waals surface area contributed by atoms with Crippen LogP contribution in [0.3, 0.4) is 0 Å². The minimum atomic E-state index is 0.134. The van der Waals surface area contributed by atoms with Crippen molar-refractivity contribution in [2.24, 2.45) is 0 Å². The van der Waals surface area contributed by atoms with Crippen LogP contribution in [0.5, 0.6) is 0 Å². The summed E-state index contributed by atoms with van der Waals surface area (Å²) >= 11 is 12.7. The van der Waals surface area contributed by atoms with Gasteiger partial charge in [0.05, 0.1) is 0 Å². The normalized spacial score (nSPS) is 18.9. The highest BCUT2D eigenvalue weighted by Crippen LogP contribution is 2.39. The van der Waals surface area contributed by atoms with Gasteiger partial charge in [0.1, 0.15) is 0 Å². The Labute approximate surface area is 178 Å². The molecule has 2 saturated carbocycles. The fourth-order valence-electron chi connectivity index (χ4n) is 5.13. The van der Waals surface area contributed by atoms with Gasteiger partial charge < -0.3 is 0 Å². The summed E-state index contributed by atoms with van der Waals surface area (Å²) in [6.45, 7) is 0. The van der Waals surface area contributed by atoms with Crippen LogP contribution in [0.15, 0.2) is 36.4 Å². The van der Waals surface area contributed by atoms with Crippen molar-refractivity contribution in [1.82, 2.24) is 0 Å². The van der Waals surface area contributed by atoms with E-state index in [1.807, 2.05) is 36.4 Å². The van der Waals surface area contributed by atoms with Crippen LogP contribution in [0.25, 0.3) is 0 Å². The summed E-state index contributed by atoms with van der Waals surface area (Å²) in [4.78, 5) is 13.7. The Morgan fingerprint density at radius 1 is 0.643 bits per heavy atom. The van der Waals surface area contributed by atoms with E-state index in [1.165, 1.54) is 38.5 Å². The number of halogens is 2. The Bertz CT molecular complexity index is 776. The third-order valence-corrected chi connectivity index (χ3v) is 7.08. The van der Waals surface area contributed by atoms with Crippen molar-refractivity contribution in [1.29, 1.82) is 0 Å². The quantitative estimate of drug-likeness (QED) is 0.459. The molecule has 3 heteroatoms. The van der Waals surface area contributed by atoms with E-state index in [4.69, 9.17) is 23.2 Å². The molecule has 0 amide bonds. The van der Waals surface area contributed by atoms with Crippen LogP contribution in [0.2, 0.25) is 10.0 Å². The summed E-state index contributed by atoms with van der Waals surface area (Å²) in [7, 11) is 0. The summed E-state index contributed by atoms with van der Waals surface area (Å²) in [6.07, 6.45) is 12.1. The van der Waals surface area contributed by atoms with Gasteiger partial charge in [-0.25, -0.2) is 0 Å². The molecule has 4 rings (SSSR count). The number of hydrogen-bond donors (Lipinski definition) is 0. The van der Waals surface area contributed by atoms with Crippen LogP contribution in [0.4, 0.5) is 0 Å². The Morgan fingerprint density at radius 2 is 1.04 bits per heavy atom. The zero-order chi connectivity index (χ0) is 19.5. The average molecular weight is 415 g/mol. The molecule has 0 bridgehead atoms. The molecule has 0 N–H and O–H groups in total. The van der Waals surface area contributed by atoms with Gasteiger partial charge in [-0.15, -0.1) is 0 Å². The fraction of sp³-hybridized carbons (Fsp3) is 0.480.